The fraction of sp³-hybridized carbons (Fsp3) is 0.600. The van der Waals surface area contributed by atoms with Gasteiger partial charge in [-0.2, -0.15) is 5.10 Å². The summed E-state index contributed by atoms with van der Waals surface area (Å²) in [4.78, 5) is 4.78. The van der Waals surface area contributed by atoms with E-state index in [4.69, 9.17) is 4.98 Å². The van der Waals surface area contributed by atoms with Crippen LogP contribution in [0.15, 0.2) is 6.07 Å². The average molecular weight is 273 g/mol. The lowest BCUT2D eigenvalue weighted by Crippen LogP contribution is -2.18. The summed E-state index contributed by atoms with van der Waals surface area (Å²) in [6.07, 6.45) is 4.36. The Hall–Kier alpha value is -1.46. The molecule has 0 amide bonds. The van der Waals surface area contributed by atoms with Crippen LogP contribution in [0.4, 0.5) is 0 Å². The van der Waals surface area contributed by atoms with Gasteiger partial charge >= 0.3 is 0 Å². The molecule has 5 heteroatoms. The van der Waals surface area contributed by atoms with Crippen LogP contribution in [0.3, 0.4) is 0 Å². The molecule has 0 spiro atoms. The highest BCUT2D eigenvalue weighted by Gasteiger charge is 2.30. The van der Waals surface area contributed by atoms with Crippen molar-refractivity contribution >= 4 is 11.0 Å². The molecule has 0 bridgehead atoms. The summed E-state index contributed by atoms with van der Waals surface area (Å²) in [7, 11) is 0. The summed E-state index contributed by atoms with van der Waals surface area (Å²) in [6, 6.07) is 2.28. The van der Waals surface area contributed by atoms with E-state index >= 15 is 0 Å². The molecule has 2 fully saturated rings. The predicted molar refractivity (Wildman–Crippen MR) is 74.3 cm³/mol. The Balaban J connectivity index is 1.96. The molecule has 2 aliphatic rings. The third-order valence-electron chi connectivity index (χ3n) is 4.58. The first-order valence-corrected chi connectivity index (χ1v) is 7.41. The van der Waals surface area contributed by atoms with Crippen LogP contribution in [0, 0.1) is 6.92 Å². The van der Waals surface area contributed by atoms with Gasteiger partial charge in [0.25, 0.3) is 0 Å². The molecule has 0 atom stereocenters. The summed E-state index contributed by atoms with van der Waals surface area (Å²) in [5.41, 5.74) is 3.21. The highest BCUT2D eigenvalue weighted by atomic mass is 16.5. The summed E-state index contributed by atoms with van der Waals surface area (Å²) < 4.78 is 2.01. The molecule has 2 aromatic rings. The van der Waals surface area contributed by atoms with Crippen LogP contribution in [0.1, 0.15) is 67.3 Å². The lowest BCUT2D eigenvalue weighted by atomic mass is 9.93. The van der Waals surface area contributed by atoms with Gasteiger partial charge in [0.2, 0.25) is 0 Å². The van der Waals surface area contributed by atoms with Gasteiger partial charge < -0.3 is 10.2 Å². The summed E-state index contributed by atoms with van der Waals surface area (Å²) in [6.45, 7) is 1.92. The van der Waals surface area contributed by atoms with Crippen molar-refractivity contribution in [3.8, 4) is 0 Å². The monoisotopic (exact) mass is 273 g/mol. The van der Waals surface area contributed by atoms with Gasteiger partial charge in [-0.05, 0) is 45.1 Å². The molecule has 5 nitrogen and oxygen atoms in total. The second-order valence-electron chi connectivity index (χ2n) is 6.10. The van der Waals surface area contributed by atoms with E-state index in [1.807, 2.05) is 17.7 Å². The maximum atomic E-state index is 9.68. The van der Waals surface area contributed by atoms with E-state index in [0.717, 1.165) is 48.1 Å². The van der Waals surface area contributed by atoms with Crippen LogP contribution in [0.25, 0.3) is 11.0 Å². The Kier molecular flexibility index (Phi) is 2.62. The Bertz CT molecular complexity index is 669. The van der Waals surface area contributed by atoms with Crippen molar-refractivity contribution in [1.82, 2.24) is 14.8 Å². The summed E-state index contributed by atoms with van der Waals surface area (Å²) >= 11 is 0. The first-order valence-electron chi connectivity index (χ1n) is 7.41. The molecular weight excluding hydrogens is 254 g/mol. The van der Waals surface area contributed by atoms with Gasteiger partial charge in [0.05, 0.1) is 17.1 Å². The van der Waals surface area contributed by atoms with E-state index in [0.29, 0.717) is 17.5 Å². The number of rotatable bonds is 3. The molecule has 0 saturated heterocycles. The number of fused-ring (bicyclic) bond motifs is 1. The third-order valence-corrected chi connectivity index (χ3v) is 4.58. The Morgan fingerprint density at radius 3 is 2.55 bits per heavy atom. The molecule has 4 rings (SSSR count). The minimum atomic E-state index is -1.46. The molecule has 0 unspecified atom stereocenters. The van der Waals surface area contributed by atoms with Gasteiger partial charge in [-0.1, -0.05) is 0 Å². The number of aryl methyl sites for hydroxylation is 1. The smallest absolute Gasteiger partial charge is 0.179 e. The molecule has 2 aromatic heterocycles. The van der Waals surface area contributed by atoms with Crippen molar-refractivity contribution in [2.45, 2.75) is 57.3 Å². The Morgan fingerprint density at radius 1 is 1.25 bits per heavy atom. The van der Waals surface area contributed by atoms with Crippen molar-refractivity contribution in [2.75, 3.05) is 0 Å². The van der Waals surface area contributed by atoms with E-state index in [1.54, 1.807) is 0 Å². The topological polar surface area (TPSA) is 71.2 Å². The fourth-order valence-corrected chi connectivity index (χ4v) is 3.04. The van der Waals surface area contributed by atoms with Crippen LogP contribution < -0.4 is 0 Å². The number of aliphatic hydroxyl groups excluding tert-OH is 1. The quantitative estimate of drug-likeness (QED) is 0.842. The molecule has 0 aromatic carbocycles. The van der Waals surface area contributed by atoms with Gasteiger partial charge in [-0.25, -0.2) is 9.67 Å². The lowest BCUT2D eigenvalue weighted by molar-refractivity contribution is -0.0414. The van der Waals surface area contributed by atoms with Crippen molar-refractivity contribution in [3.05, 3.63) is 23.0 Å². The molecule has 0 radical (unpaired) electrons. The molecule has 20 heavy (non-hydrogen) atoms. The lowest BCUT2D eigenvalue weighted by Gasteiger charge is -2.26. The fourth-order valence-electron chi connectivity index (χ4n) is 3.04. The van der Waals surface area contributed by atoms with Gasteiger partial charge in [0, 0.05) is 17.2 Å². The molecular formula is C15H19N3O2. The van der Waals surface area contributed by atoms with Gasteiger partial charge in [-0.15, -0.1) is 0 Å². The molecule has 2 saturated carbocycles. The number of hydrogen-bond acceptors (Lipinski definition) is 4. The van der Waals surface area contributed by atoms with Crippen molar-refractivity contribution in [3.63, 3.8) is 0 Å². The third kappa shape index (κ3) is 1.77. The molecule has 0 aliphatic heterocycles. The molecule has 106 valence electrons. The number of pyridine rings is 1. The average Bonchev–Trinajstić information content (AvgIpc) is 3.14. The second-order valence-corrected chi connectivity index (χ2v) is 6.10. The molecule has 2 aliphatic carbocycles. The predicted octanol–water partition coefficient (Wildman–Crippen LogP) is 2.33. The van der Waals surface area contributed by atoms with E-state index in [1.165, 1.54) is 6.42 Å². The molecule has 2 heterocycles. The first kappa shape index (κ1) is 12.3. The van der Waals surface area contributed by atoms with Crippen LogP contribution in [0.2, 0.25) is 0 Å². The van der Waals surface area contributed by atoms with E-state index in [2.05, 4.69) is 5.10 Å². The maximum Gasteiger partial charge on any atom is 0.179 e. The zero-order valence-corrected chi connectivity index (χ0v) is 11.6. The zero-order valence-electron chi connectivity index (χ0n) is 11.6. The number of hydrogen-bond donors (Lipinski definition) is 2. The van der Waals surface area contributed by atoms with Gasteiger partial charge in [0.15, 0.2) is 11.9 Å². The summed E-state index contributed by atoms with van der Waals surface area (Å²) in [5, 5.41) is 24.8. The van der Waals surface area contributed by atoms with Crippen LogP contribution in [-0.4, -0.2) is 25.0 Å². The first-order chi connectivity index (χ1) is 9.65. The Morgan fingerprint density at radius 2 is 2.00 bits per heavy atom. The van der Waals surface area contributed by atoms with E-state index < -0.39 is 6.29 Å². The van der Waals surface area contributed by atoms with Crippen LogP contribution >= 0.6 is 0 Å². The second kappa shape index (κ2) is 4.27. The van der Waals surface area contributed by atoms with Crippen molar-refractivity contribution < 1.29 is 10.2 Å². The van der Waals surface area contributed by atoms with Crippen LogP contribution in [0.5, 0.6) is 0 Å². The highest BCUT2D eigenvalue weighted by Crippen LogP contribution is 2.42. The number of aliphatic hydroxyl groups is 2. The number of nitrogens with zero attached hydrogens (tertiary/aromatic N) is 3. The Labute approximate surface area is 117 Å². The molecule has 2 N–H and O–H groups in total. The van der Waals surface area contributed by atoms with Gasteiger partial charge in [0.1, 0.15) is 0 Å². The largest absolute Gasteiger partial charge is 0.364 e. The van der Waals surface area contributed by atoms with E-state index in [-0.39, 0.29) is 0 Å². The zero-order chi connectivity index (χ0) is 13.9. The maximum absolute atomic E-state index is 9.68. The highest BCUT2D eigenvalue weighted by molar-refractivity contribution is 5.83. The standard InChI is InChI=1S/C15H19N3O2/c1-8-13-11(15(19)20)7-12(9-5-6-9)16-14(13)18(17-8)10-3-2-4-10/h7,9-10,15,19-20H,2-6H2,1H3. The number of aromatic nitrogens is 3. The van der Waals surface area contributed by atoms with Crippen molar-refractivity contribution in [2.24, 2.45) is 0 Å². The van der Waals surface area contributed by atoms with Crippen LogP contribution in [-0.2, 0) is 0 Å². The SMILES string of the molecule is Cc1nn(C2CCC2)c2nc(C3CC3)cc(C(O)O)c12. The van der Waals surface area contributed by atoms with E-state index in [9.17, 15) is 10.2 Å². The summed E-state index contributed by atoms with van der Waals surface area (Å²) in [5.74, 6) is 0.488. The van der Waals surface area contributed by atoms with Gasteiger partial charge in [-0.3, -0.25) is 0 Å². The minimum absolute atomic E-state index is 0.428. The van der Waals surface area contributed by atoms with Crippen molar-refractivity contribution in [1.29, 1.82) is 0 Å². The minimum Gasteiger partial charge on any atom is -0.364 e. The normalized spacial score (nSPS) is 19.8.